The maximum Gasteiger partial charge on any atom is 0.225 e. The van der Waals surface area contributed by atoms with Gasteiger partial charge in [0.2, 0.25) is 5.91 Å². The van der Waals surface area contributed by atoms with E-state index in [0.717, 1.165) is 11.6 Å². The summed E-state index contributed by atoms with van der Waals surface area (Å²) in [5.74, 6) is 2.23. The van der Waals surface area contributed by atoms with E-state index in [4.69, 9.17) is 0 Å². The van der Waals surface area contributed by atoms with Crippen molar-refractivity contribution in [2.24, 2.45) is 5.41 Å². The number of nitrogens with one attached hydrogen (secondary N) is 1. The summed E-state index contributed by atoms with van der Waals surface area (Å²) in [4.78, 5) is 23.0. The Morgan fingerprint density at radius 2 is 2.04 bits per heavy atom. The molecule has 2 fully saturated rings. The monoisotopic (exact) mass is 334 g/mol. The number of carbonyl (C=O) groups excluding carboxylic acids is 1. The van der Waals surface area contributed by atoms with E-state index in [9.17, 15) is 9.18 Å². The lowest BCUT2D eigenvalue weighted by molar-refractivity contribution is -0.129. The van der Waals surface area contributed by atoms with Crippen molar-refractivity contribution in [3.05, 3.63) is 18.1 Å². The molecule has 1 aromatic rings. The van der Waals surface area contributed by atoms with Crippen LogP contribution in [-0.4, -0.2) is 41.2 Å². The number of piperidine rings is 1. The highest BCUT2D eigenvalue weighted by atomic mass is 19.1. The minimum absolute atomic E-state index is 0.0913. The van der Waals surface area contributed by atoms with Crippen LogP contribution in [0, 0.1) is 5.41 Å². The topological polar surface area (TPSA) is 58.1 Å². The standard InChI is InChI=1S/C18H27FN4O/c1-17(2,3)16(24)21-12-18(19)7-10-23(11-8-18)14-6-9-20-15(22-14)13-4-5-13/h6,9,13H,4-5,7-8,10-12H2,1-3H3,(H,21,24). The van der Waals surface area contributed by atoms with Gasteiger partial charge < -0.3 is 10.2 Å². The molecule has 0 bridgehead atoms. The van der Waals surface area contributed by atoms with Crippen LogP contribution in [0.4, 0.5) is 10.2 Å². The molecule has 3 rings (SSSR count). The number of hydrogen-bond donors (Lipinski definition) is 1. The van der Waals surface area contributed by atoms with Crippen LogP contribution in [0.5, 0.6) is 0 Å². The zero-order valence-corrected chi connectivity index (χ0v) is 14.8. The van der Waals surface area contributed by atoms with Gasteiger partial charge in [0.25, 0.3) is 0 Å². The Morgan fingerprint density at radius 3 is 2.62 bits per heavy atom. The van der Waals surface area contributed by atoms with Crippen LogP contribution < -0.4 is 10.2 Å². The molecule has 0 unspecified atom stereocenters. The predicted octanol–water partition coefficient (Wildman–Crippen LogP) is 2.82. The molecule has 0 atom stereocenters. The molecule has 5 nitrogen and oxygen atoms in total. The van der Waals surface area contributed by atoms with E-state index < -0.39 is 11.1 Å². The van der Waals surface area contributed by atoms with E-state index in [0.29, 0.717) is 31.8 Å². The van der Waals surface area contributed by atoms with E-state index in [1.54, 1.807) is 6.20 Å². The Kier molecular flexibility index (Phi) is 4.49. The molecule has 1 amide bonds. The second-order valence-corrected chi connectivity index (χ2v) is 8.12. The van der Waals surface area contributed by atoms with Crippen LogP contribution >= 0.6 is 0 Å². The first-order chi connectivity index (χ1) is 11.3. The number of aromatic nitrogens is 2. The summed E-state index contributed by atoms with van der Waals surface area (Å²) in [6, 6.07) is 1.90. The Morgan fingerprint density at radius 1 is 1.38 bits per heavy atom. The molecule has 1 saturated carbocycles. The highest BCUT2D eigenvalue weighted by molar-refractivity contribution is 5.81. The van der Waals surface area contributed by atoms with E-state index in [1.165, 1.54) is 12.8 Å². The minimum Gasteiger partial charge on any atom is -0.356 e. The van der Waals surface area contributed by atoms with Crippen molar-refractivity contribution in [1.82, 2.24) is 15.3 Å². The van der Waals surface area contributed by atoms with E-state index in [1.807, 2.05) is 26.8 Å². The summed E-state index contributed by atoms with van der Waals surface area (Å²) in [7, 11) is 0. The largest absolute Gasteiger partial charge is 0.356 e. The van der Waals surface area contributed by atoms with Crippen LogP contribution in [0.25, 0.3) is 0 Å². The zero-order valence-electron chi connectivity index (χ0n) is 14.8. The van der Waals surface area contributed by atoms with Gasteiger partial charge in [-0.3, -0.25) is 4.79 Å². The molecule has 2 aliphatic rings. The van der Waals surface area contributed by atoms with Crippen LogP contribution in [0.3, 0.4) is 0 Å². The molecule has 1 aliphatic carbocycles. The number of rotatable bonds is 4. The molecule has 24 heavy (non-hydrogen) atoms. The summed E-state index contributed by atoms with van der Waals surface area (Å²) in [6.45, 7) is 6.83. The molecule has 0 spiro atoms. The summed E-state index contributed by atoms with van der Waals surface area (Å²) in [5.41, 5.74) is -1.82. The van der Waals surface area contributed by atoms with Crippen LogP contribution in [0.15, 0.2) is 12.3 Å². The Labute approximate surface area is 143 Å². The number of anilines is 1. The Bertz CT molecular complexity index is 601. The minimum atomic E-state index is -1.33. The molecule has 1 aromatic heterocycles. The molecule has 1 N–H and O–H groups in total. The van der Waals surface area contributed by atoms with Gasteiger partial charge >= 0.3 is 0 Å². The van der Waals surface area contributed by atoms with Gasteiger partial charge in [-0.25, -0.2) is 14.4 Å². The van der Waals surface area contributed by atoms with Gasteiger partial charge in [0.15, 0.2) is 0 Å². The normalized spacial score (nSPS) is 20.8. The predicted molar refractivity (Wildman–Crippen MR) is 91.8 cm³/mol. The van der Waals surface area contributed by atoms with Gasteiger partial charge in [0.05, 0.1) is 6.54 Å². The van der Waals surface area contributed by atoms with Gasteiger partial charge in [-0.15, -0.1) is 0 Å². The number of nitrogens with zero attached hydrogens (tertiary/aromatic N) is 3. The third-order valence-corrected chi connectivity index (χ3v) is 4.83. The first-order valence-corrected chi connectivity index (χ1v) is 8.82. The second kappa shape index (κ2) is 6.30. The second-order valence-electron chi connectivity index (χ2n) is 8.12. The first kappa shape index (κ1) is 17.1. The van der Waals surface area contributed by atoms with Gasteiger partial charge in [0, 0.05) is 43.5 Å². The number of hydrogen-bond acceptors (Lipinski definition) is 4. The SMILES string of the molecule is CC(C)(C)C(=O)NCC1(F)CCN(c2ccnc(C3CC3)n2)CC1. The lowest BCUT2D eigenvalue weighted by Gasteiger charge is -2.37. The third kappa shape index (κ3) is 4.02. The van der Waals surface area contributed by atoms with Crippen LogP contribution in [-0.2, 0) is 4.79 Å². The van der Waals surface area contributed by atoms with E-state index in [2.05, 4.69) is 20.2 Å². The van der Waals surface area contributed by atoms with Crippen molar-refractivity contribution in [2.75, 3.05) is 24.5 Å². The fraction of sp³-hybridized carbons (Fsp3) is 0.722. The smallest absolute Gasteiger partial charge is 0.225 e. The molecule has 0 aromatic carbocycles. The third-order valence-electron chi connectivity index (χ3n) is 4.83. The quantitative estimate of drug-likeness (QED) is 0.920. The molecule has 132 valence electrons. The van der Waals surface area contributed by atoms with E-state index >= 15 is 0 Å². The lowest BCUT2D eigenvalue weighted by Crippen LogP contribution is -2.50. The highest BCUT2D eigenvalue weighted by Gasteiger charge is 2.36. The molecule has 1 saturated heterocycles. The molecule has 1 aliphatic heterocycles. The fourth-order valence-corrected chi connectivity index (χ4v) is 2.90. The van der Waals surface area contributed by atoms with E-state index in [-0.39, 0.29) is 12.5 Å². The molecule has 2 heterocycles. The van der Waals surface area contributed by atoms with Crippen molar-refractivity contribution < 1.29 is 9.18 Å². The summed E-state index contributed by atoms with van der Waals surface area (Å²) in [6.07, 6.45) is 4.95. The van der Waals surface area contributed by atoms with Gasteiger partial charge in [-0.1, -0.05) is 20.8 Å². The van der Waals surface area contributed by atoms with Gasteiger partial charge in [-0.2, -0.15) is 0 Å². The van der Waals surface area contributed by atoms with Crippen LogP contribution in [0.2, 0.25) is 0 Å². The average molecular weight is 334 g/mol. The average Bonchev–Trinajstić information content (AvgIpc) is 3.37. The van der Waals surface area contributed by atoms with Crippen molar-refractivity contribution in [1.29, 1.82) is 0 Å². The number of carbonyl (C=O) groups is 1. The summed E-state index contributed by atoms with van der Waals surface area (Å²) in [5, 5.41) is 2.76. The summed E-state index contributed by atoms with van der Waals surface area (Å²) >= 11 is 0. The molecule has 0 radical (unpaired) electrons. The molecule has 6 heteroatoms. The maximum absolute atomic E-state index is 15.0. The highest BCUT2D eigenvalue weighted by Crippen LogP contribution is 2.38. The Hall–Kier alpha value is -1.72. The Balaban J connectivity index is 1.55. The van der Waals surface area contributed by atoms with Crippen molar-refractivity contribution in [3.63, 3.8) is 0 Å². The maximum atomic E-state index is 15.0. The molecular formula is C18H27FN4O. The number of amides is 1. The molecular weight excluding hydrogens is 307 g/mol. The van der Waals surface area contributed by atoms with Gasteiger partial charge in [0.1, 0.15) is 17.3 Å². The van der Waals surface area contributed by atoms with Crippen LogP contribution in [0.1, 0.15) is 58.2 Å². The zero-order chi connectivity index (χ0) is 17.4. The summed E-state index contributed by atoms with van der Waals surface area (Å²) < 4.78 is 15.0. The lowest BCUT2D eigenvalue weighted by atomic mass is 9.91. The number of halogens is 1. The fourth-order valence-electron chi connectivity index (χ4n) is 2.90. The van der Waals surface area contributed by atoms with Crippen molar-refractivity contribution >= 4 is 11.7 Å². The first-order valence-electron chi connectivity index (χ1n) is 8.82. The number of alkyl halides is 1. The van der Waals surface area contributed by atoms with Crippen molar-refractivity contribution in [3.8, 4) is 0 Å². The van der Waals surface area contributed by atoms with Gasteiger partial charge in [-0.05, 0) is 18.9 Å². The van der Waals surface area contributed by atoms with Crippen molar-refractivity contribution in [2.45, 2.75) is 58.0 Å².